The number of rotatable bonds is 6. The van der Waals surface area contributed by atoms with Gasteiger partial charge in [-0.05, 0) is 37.4 Å². The number of aromatic carboxylic acids is 1. The fourth-order valence-electron chi connectivity index (χ4n) is 2.51. The van der Waals surface area contributed by atoms with Gasteiger partial charge in [0.15, 0.2) is 0 Å². The van der Waals surface area contributed by atoms with Gasteiger partial charge in [0.05, 0.1) is 5.56 Å². The molecule has 1 aromatic rings. The summed E-state index contributed by atoms with van der Waals surface area (Å²) >= 11 is 0. The van der Waals surface area contributed by atoms with Crippen LogP contribution in [-0.4, -0.2) is 36.1 Å². The first-order valence-corrected chi connectivity index (χ1v) is 6.98. The molecule has 0 bridgehead atoms. The van der Waals surface area contributed by atoms with Crippen LogP contribution >= 0.6 is 0 Å². The van der Waals surface area contributed by atoms with Crippen molar-refractivity contribution in [1.82, 2.24) is 10.6 Å². The van der Waals surface area contributed by atoms with E-state index < -0.39 is 5.97 Å². The zero-order chi connectivity index (χ0) is 14.4. The van der Waals surface area contributed by atoms with Crippen LogP contribution in [0.2, 0.25) is 0 Å². The summed E-state index contributed by atoms with van der Waals surface area (Å²) in [4.78, 5) is 22.8. The fourth-order valence-corrected chi connectivity index (χ4v) is 2.51. The van der Waals surface area contributed by atoms with Crippen LogP contribution in [-0.2, 0) is 11.2 Å². The Morgan fingerprint density at radius 1 is 1.35 bits per heavy atom. The van der Waals surface area contributed by atoms with E-state index in [1.807, 2.05) is 6.07 Å². The van der Waals surface area contributed by atoms with E-state index in [0.29, 0.717) is 31.0 Å². The van der Waals surface area contributed by atoms with Crippen LogP contribution in [0, 0.1) is 0 Å². The predicted octanol–water partition coefficient (Wildman–Crippen LogP) is 1.19. The van der Waals surface area contributed by atoms with Crippen molar-refractivity contribution in [1.29, 1.82) is 0 Å². The van der Waals surface area contributed by atoms with Crippen molar-refractivity contribution >= 4 is 11.9 Å². The molecule has 0 aromatic heterocycles. The summed E-state index contributed by atoms with van der Waals surface area (Å²) in [6, 6.07) is 7.18. The Bertz CT molecular complexity index is 482. The molecule has 1 aromatic carbocycles. The third-order valence-corrected chi connectivity index (χ3v) is 3.56. The smallest absolute Gasteiger partial charge is 0.335 e. The van der Waals surface area contributed by atoms with E-state index >= 15 is 0 Å². The van der Waals surface area contributed by atoms with Crippen LogP contribution < -0.4 is 10.6 Å². The highest BCUT2D eigenvalue weighted by molar-refractivity contribution is 5.89. The number of nitrogens with one attached hydrogen (secondary N) is 2. The standard InChI is InChI=1S/C15H20N2O3/c18-14(10-12-5-3-8-16-12)17-9-7-11-4-1-2-6-13(11)15(19)20/h1-2,4,6,12,16H,3,5,7-10H2,(H,17,18)(H,19,20). The molecule has 3 N–H and O–H groups in total. The molecule has 0 radical (unpaired) electrons. The molecule has 108 valence electrons. The first-order valence-electron chi connectivity index (χ1n) is 6.98. The second-order valence-electron chi connectivity index (χ2n) is 5.06. The number of hydrogen-bond acceptors (Lipinski definition) is 3. The second kappa shape index (κ2) is 7.05. The van der Waals surface area contributed by atoms with Gasteiger partial charge < -0.3 is 15.7 Å². The minimum absolute atomic E-state index is 0.0252. The van der Waals surface area contributed by atoms with E-state index in [0.717, 1.165) is 24.9 Å². The summed E-state index contributed by atoms with van der Waals surface area (Å²) in [5, 5.41) is 15.2. The number of carbonyl (C=O) groups is 2. The van der Waals surface area contributed by atoms with Gasteiger partial charge in [0.1, 0.15) is 0 Å². The maximum atomic E-state index is 11.7. The summed E-state index contributed by atoms with van der Waals surface area (Å²) in [7, 11) is 0. The summed E-state index contributed by atoms with van der Waals surface area (Å²) in [6.07, 6.45) is 3.21. The highest BCUT2D eigenvalue weighted by Crippen LogP contribution is 2.10. The van der Waals surface area contributed by atoms with Crippen LogP contribution in [0.25, 0.3) is 0 Å². The Morgan fingerprint density at radius 2 is 2.15 bits per heavy atom. The zero-order valence-electron chi connectivity index (χ0n) is 11.4. The lowest BCUT2D eigenvalue weighted by Gasteiger charge is -2.11. The SMILES string of the molecule is O=C(CC1CCCN1)NCCc1ccccc1C(=O)O. The lowest BCUT2D eigenvalue weighted by atomic mass is 10.0. The summed E-state index contributed by atoms with van der Waals surface area (Å²) in [6.45, 7) is 1.46. The maximum Gasteiger partial charge on any atom is 0.335 e. The van der Waals surface area contributed by atoms with Gasteiger partial charge >= 0.3 is 5.97 Å². The molecular weight excluding hydrogens is 256 g/mol. The molecule has 1 saturated heterocycles. The zero-order valence-corrected chi connectivity index (χ0v) is 11.4. The fraction of sp³-hybridized carbons (Fsp3) is 0.467. The third kappa shape index (κ3) is 4.06. The van der Waals surface area contributed by atoms with Crippen molar-refractivity contribution < 1.29 is 14.7 Å². The van der Waals surface area contributed by atoms with E-state index in [1.54, 1.807) is 18.2 Å². The Morgan fingerprint density at radius 3 is 2.85 bits per heavy atom. The first-order chi connectivity index (χ1) is 9.66. The maximum absolute atomic E-state index is 11.7. The van der Waals surface area contributed by atoms with Gasteiger partial charge in [0, 0.05) is 19.0 Å². The topological polar surface area (TPSA) is 78.4 Å². The molecule has 5 heteroatoms. The molecule has 20 heavy (non-hydrogen) atoms. The van der Waals surface area contributed by atoms with Gasteiger partial charge in [-0.15, -0.1) is 0 Å². The normalized spacial score (nSPS) is 17.9. The summed E-state index contributed by atoms with van der Waals surface area (Å²) in [5.74, 6) is -0.903. The average molecular weight is 276 g/mol. The van der Waals surface area contributed by atoms with Gasteiger partial charge in [-0.3, -0.25) is 4.79 Å². The van der Waals surface area contributed by atoms with Crippen LogP contribution in [0.4, 0.5) is 0 Å². The van der Waals surface area contributed by atoms with Gasteiger partial charge in [0.2, 0.25) is 5.91 Å². The Labute approximate surface area is 118 Å². The molecule has 1 fully saturated rings. The lowest BCUT2D eigenvalue weighted by Crippen LogP contribution is -2.33. The van der Waals surface area contributed by atoms with Crippen LogP contribution in [0.3, 0.4) is 0 Å². The van der Waals surface area contributed by atoms with Crippen LogP contribution in [0.1, 0.15) is 35.2 Å². The molecule has 1 unspecified atom stereocenters. The number of amides is 1. The van der Waals surface area contributed by atoms with Crippen molar-refractivity contribution in [2.75, 3.05) is 13.1 Å². The molecular formula is C15H20N2O3. The van der Waals surface area contributed by atoms with Crippen LogP contribution in [0.5, 0.6) is 0 Å². The van der Waals surface area contributed by atoms with E-state index in [9.17, 15) is 9.59 Å². The van der Waals surface area contributed by atoms with Crippen molar-refractivity contribution in [3.8, 4) is 0 Å². The highest BCUT2D eigenvalue weighted by atomic mass is 16.4. The number of carboxylic acid groups (broad SMARTS) is 1. The molecule has 0 spiro atoms. The molecule has 1 aliphatic heterocycles. The van der Waals surface area contributed by atoms with Gasteiger partial charge in [0.25, 0.3) is 0 Å². The third-order valence-electron chi connectivity index (χ3n) is 3.56. The Balaban J connectivity index is 1.78. The monoisotopic (exact) mass is 276 g/mol. The summed E-state index contributed by atoms with van der Waals surface area (Å²) in [5.41, 5.74) is 1.05. The lowest BCUT2D eigenvalue weighted by molar-refractivity contribution is -0.121. The van der Waals surface area contributed by atoms with E-state index in [-0.39, 0.29) is 5.91 Å². The predicted molar refractivity (Wildman–Crippen MR) is 75.8 cm³/mol. The number of benzene rings is 1. The minimum atomic E-state index is -0.929. The molecule has 1 aliphatic rings. The highest BCUT2D eigenvalue weighted by Gasteiger charge is 2.17. The quantitative estimate of drug-likeness (QED) is 0.729. The van der Waals surface area contributed by atoms with Crippen molar-refractivity contribution in [3.05, 3.63) is 35.4 Å². The molecule has 0 aliphatic carbocycles. The molecule has 0 saturated carbocycles. The Kier molecular flexibility index (Phi) is 5.12. The van der Waals surface area contributed by atoms with E-state index in [1.165, 1.54) is 0 Å². The van der Waals surface area contributed by atoms with Gasteiger partial charge in [-0.25, -0.2) is 4.79 Å². The average Bonchev–Trinajstić information content (AvgIpc) is 2.92. The summed E-state index contributed by atoms with van der Waals surface area (Å²) < 4.78 is 0. The Hall–Kier alpha value is -1.88. The van der Waals surface area contributed by atoms with Gasteiger partial charge in [-0.2, -0.15) is 0 Å². The largest absolute Gasteiger partial charge is 0.478 e. The molecule has 2 rings (SSSR count). The van der Waals surface area contributed by atoms with Crippen molar-refractivity contribution in [3.63, 3.8) is 0 Å². The van der Waals surface area contributed by atoms with Crippen molar-refractivity contribution in [2.24, 2.45) is 0 Å². The second-order valence-corrected chi connectivity index (χ2v) is 5.06. The van der Waals surface area contributed by atoms with E-state index in [4.69, 9.17) is 5.11 Å². The minimum Gasteiger partial charge on any atom is -0.478 e. The number of carbonyl (C=O) groups excluding carboxylic acids is 1. The van der Waals surface area contributed by atoms with Gasteiger partial charge in [-0.1, -0.05) is 18.2 Å². The van der Waals surface area contributed by atoms with E-state index in [2.05, 4.69) is 10.6 Å². The first kappa shape index (κ1) is 14.5. The number of hydrogen-bond donors (Lipinski definition) is 3. The van der Waals surface area contributed by atoms with Crippen LogP contribution in [0.15, 0.2) is 24.3 Å². The molecule has 1 heterocycles. The molecule has 5 nitrogen and oxygen atoms in total. The van der Waals surface area contributed by atoms with Crippen molar-refractivity contribution in [2.45, 2.75) is 31.7 Å². The molecule has 1 atom stereocenters. The molecule has 1 amide bonds. The number of carboxylic acids is 1.